The Hall–Kier alpha value is -2.70. The number of rotatable bonds is 4. The molecule has 0 aliphatic heterocycles. The number of nitro groups is 1. The molecule has 0 fully saturated rings. The highest BCUT2D eigenvalue weighted by Crippen LogP contribution is 2.24. The van der Waals surface area contributed by atoms with Crippen molar-refractivity contribution in [3.8, 4) is 0 Å². The first-order valence-corrected chi connectivity index (χ1v) is 5.82. The molecule has 20 heavy (non-hydrogen) atoms. The van der Waals surface area contributed by atoms with E-state index in [1.807, 2.05) is 0 Å². The Morgan fingerprint density at radius 3 is 2.80 bits per heavy atom. The summed E-state index contributed by atoms with van der Waals surface area (Å²) in [7, 11) is 0. The summed E-state index contributed by atoms with van der Waals surface area (Å²) in [4.78, 5) is 22.3. The molecule has 104 valence electrons. The molecule has 0 aliphatic carbocycles. The third kappa shape index (κ3) is 2.82. The van der Waals surface area contributed by atoms with Gasteiger partial charge in [0.05, 0.1) is 4.92 Å². The zero-order valence-corrected chi connectivity index (χ0v) is 11.0. The van der Waals surface area contributed by atoms with E-state index in [4.69, 9.17) is 9.26 Å². The number of hydrogen-bond acceptors (Lipinski definition) is 6. The van der Waals surface area contributed by atoms with Gasteiger partial charge in [-0.1, -0.05) is 17.3 Å². The number of aryl methyl sites for hydroxylation is 2. The SMILES string of the molecule is Cc1cc(COC(=O)c2cccc(C)c2[N+](=O)[O-])no1. The summed E-state index contributed by atoms with van der Waals surface area (Å²) in [5.74, 6) is -0.168. The quantitative estimate of drug-likeness (QED) is 0.483. The highest BCUT2D eigenvalue weighted by molar-refractivity contribution is 5.94. The van der Waals surface area contributed by atoms with E-state index in [1.54, 1.807) is 32.0 Å². The zero-order valence-electron chi connectivity index (χ0n) is 11.0. The van der Waals surface area contributed by atoms with Crippen LogP contribution in [0.2, 0.25) is 0 Å². The number of aromatic nitrogens is 1. The molecule has 0 saturated carbocycles. The normalized spacial score (nSPS) is 10.3. The van der Waals surface area contributed by atoms with Crippen LogP contribution in [0.4, 0.5) is 5.69 Å². The maximum absolute atomic E-state index is 11.9. The molecule has 0 aliphatic rings. The summed E-state index contributed by atoms with van der Waals surface area (Å²) in [6.45, 7) is 3.18. The fourth-order valence-electron chi connectivity index (χ4n) is 1.77. The van der Waals surface area contributed by atoms with E-state index in [0.717, 1.165) is 0 Å². The van der Waals surface area contributed by atoms with Crippen molar-refractivity contribution in [2.45, 2.75) is 20.5 Å². The minimum Gasteiger partial charge on any atom is -0.455 e. The average molecular weight is 276 g/mol. The first-order valence-electron chi connectivity index (χ1n) is 5.82. The lowest BCUT2D eigenvalue weighted by molar-refractivity contribution is -0.385. The summed E-state index contributed by atoms with van der Waals surface area (Å²) < 4.78 is 9.84. The maximum Gasteiger partial charge on any atom is 0.345 e. The van der Waals surface area contributed by atoms with E-state index in [1.165, 1.54) is 6.07 Å². The van der Waals surface area contributed by atoms with Crippen molar-refractivity contribution in [2.75, 3.05) is 0 Å². The molecule has 0 N–H and O–H groups in total. The summed E-state index contributed by atoms with van der Waals surface area (Å²) in [5, 5.41) is 14.7. The second-order valence-electron chi connectivity index (χ2n) is 4.23. The molecule has 2 aromatic rings. The minimum atomic E-state index is -0.763. The van der Waals surface area contributed by atoms with Gasteiger partial charge in [0, 0.05) is 11.6 Å². The average Bonchev–Trinajstić information content (AvgIpc) is 2.81. The van der Waals surface area contributed by atoms with Crippen LogP contribution in [0.25, 0.3) is 0 Å². The first-order chi connectivity index (χ1) is 9.49. The van der Waals surface area contributed by atoms with Gasteiger partial charge < -0.3 is 9.26 Å². The van der Waals surface area contributed by atoms with E-state index >= 15 is 0 Å². The van der Waals surface area contributed by atoms with Crippen LogP contribution >= 0.6 is 0 Å². The molecule has 1 aromatic heterocycles. The van der Waals surface area contributed by atoms with Crippen molar-refractivity contribution in [1.29, 1.82) is 0 Å². The first kappa shape index (κ1) is 13.7. The summed E-state index contributed by atoms with van der Waals surface area (Å²) >= 11 is 0. The van der Waals surface area contributed by atoms with Crippen molar-refractivity contribution in [2.24, 2.45) is 0 Å². The van der Waals surface area contributed by atoms with Gasteiger partial charge in [0.2, 0.25) is 0 Å². The van der Waals surface area contributed by atoms with Gasteiger partial charge in [-0.2, -0.15) is 0 Å². The van der Waals surface area contributed by atoms with Gasteiger partial charge in [0.15, 0.2) is 0 Å². The van der Waals surface area contributed by atoms with Crippen LogP contribution in [-0.4, -0.2) is 16.0 Å². The molecule has 0 spiro atoms. The number of esters is 1. The Bertz CT molecular complexity index is 663. The van der Waals surface area contributed by atoms with E-state index in [9.17, 15) is 14.9 Å². The monoisotopic (exact) mass is 276 g/mol. The summed E-state index contributed by atoms with van der Waals surface area (Å²) in [6.07, 6.45) is 0. The standard InChI is InChI=1S/C13H12N2O5/c1-8-4-3-5-11(12(8)15(17)18)13(16)19-7-10-6-9(2)20-14-10/h3-6H,7H2,1-2H3. The van der Waals surface area contributed by atoms with Gasteiger partial charge in [-0.15, -0.1) is 0 Å². The number of para-hydroxylation sites is 1. The predicted octanol–water partition coefficient (Wildman–Crippen LogP) is 2.56. The smallest absolute Gasteiger partial charge is 0.345 e. The fraction of sp³-hybridized carbons (Fsp3) is 0.231. The topological polar surface area (TPSA) is 95.5 Å². The van der Waals surface area contributed by atoms with Crippen molar-refractivity contribution in [1.82, 2.24) is 5.16 Å². The maximum atomic E-state index is 11.9. The molecule has 0 unspecified atom stereocenters. The molecular formula is C13H12N2O5. The van der Waals surface area contributed by atoms with E-state index in [2.05, 4.69) is 5.16 Å². The Balaban J connectivity index is 2.17. The zero-order chi connectivity index (χ0) is 14.7. The van der Waals surface area contributed by atoms with Crippen molar-refractivity contribution < 1.29 is 19.0 Å². The van der Waals surface area contributed by atoms with Crippen molar-refractivity contribution in [3.63, 3.8) is 0 Å². The minimum absolute atomic E-state index is 0.0739. The second-order valence-corrected chi connectivity index (χ2v) is 4.23. The number of hydrogen-bond donors (Lipinski definition) is 0. The van der Waals surface area contributed by atoms with E-state index in [0.29, 0.717) is 17.0 Å². The van der Waals surface area contributed by atoms with Crippen molar-refractivity contribution in [3.05, 3.63) is 57.0 Å². The molecule has 0 bridgehead atoms. The molecule has 0 atom stereocenters. The molecule has 7 heteroatoms. The molecule has 1 aromatic carbocycles. The Morgan fingerprint density at radius 1 is 1.45 bits per heavy atom. The molecule has 0 radical (unpaired) electrons. The lowest BCUT2D eigenvalue weighted by Gasteiger charge is -2.05. The van der Waals surface area contributed by atoms with Gasteiger partial charge in [0.1, 0.15) is 23.6 Å². The second kappa shape index (κ2) is 5.52. The summed E-state index contributed by atoms with van der Waals surface area (Å²) in [5.41, 5.74) is 0.539. The number of carbonyl (C=O) groups is 1. The highest BCUT2D eigenvalue weighted by atomic mass is 16.6. The molecule has 7 nitrogen and oxygen atoms in total. The fourth-order valence-corrected chi connectivity index (χ4v) is 1.77. The molecule has 2 rings (SSSR count). The van der Waals surface area contributed by atoms with Gasteiger partial charge in [-0.05, 0) is 19.9 Å². The van der Waals surface area contributed by atoms with Crippen LogP contribution in [0.15, 0.2) is 28.8 Å². The van der Waals surface area contributed by atoms with Crippen LogP contribution in [-0.2, 0) is 11.3 Å². The number of benzene rings is 1. The number of ether oxygens (including phenoxy) is 1. The van der Waals surface area contributed by atoms with Crippen LogP contribution in [0, 0.1) is 24.0 Å². The predicted molar refractivity (Wildman–Crippen MR) is 68.2 cm³/mol. The highest BCUT2D eigenvalue weighted by Gasteiger charge is 2.23. The lowest BCUT2D eigenvalue weighted by Crippen LogP contribution is -2.09. The Kier molecular flexibility index (Phi) is 3.79. The number of carbonyl (C=O) groups excluding carboxylic acids is 1. The number of nitrogens with zero attached hydrogens (tertiary/aromatic N) is 2. The van der Waals surface area contributed by atoms with Crippen LogP contribution in [0.1, 0.15) is 27.4 Å². The van der Waals surface area contributed by atoms with Gasteiger partial charge >= 0.3 is 5.97 Å². The van der Waals surface area contributed by atoms with Crippen molar-refractivity contribution >= 4 is 11.7 Å². The third-order valence-electron chi connectivity index (χ3n) is 2.67. The van der Waals surface area contributed by atoms with Crippen LogP contribution in [0.5, 0.6) is 0 Å². The Morgan fingerprint density at radius 2 is 2.20 bits per heavy atom. The van der Waals surface area contributed by atoms with E-state index in [-0.39, 0.29) is 17.9 Å². The lowest BCUT2D eigenvalue weighted by atomic mass is 10.1. The molecule has 1 heterocycles. The van der Waals surface area contributed by atoms with Gasteiger partial charge in [-0.3, -0.25) is 10.1 Å². The van der Waals surface area contributed by atoms with Crippen LogP contribution in [0.3, 0.4) is 0 Å². The largest absolute Gasteiger partial charge is 0.455 e. The Labute approximate surface area is 114 Å². The van der Waals surface area contributed by atoms with Gasteiger partial charge in [0.25, 0.3) is 5.69 Å². The molecular weight excluding hydrogens is 264 g/mol. The van der Waals surface area contributed by atoms with E-state index < -0.39 is 10.9 Å². The molecule has 0 saturated heterocycles. The summed E-state index contributed by atoms with van der Waals surface area (Å²) in [6, 6.07) is 6.12. The number of nitro benzene ring substituents is 1. The van der Waals surface area contributed by atoms with Crippen LogP contribution < -0.4 is 0 Å². The third-order valence-corrected chi connectivity index (χ3v) is 2.67. The molecule has 0 amide bonds. The van der Waals surface area contributed by atoms with Gasteiger partial charge in [-0.25, -0.2) is 4.79 Å².